The van der Waals surface area contributed by atoms with Gasteiger partial charge in [0.2, 0.25) is 17.7 Å². The highest BCUT2D eigenvalue weighted by Crippen LogP contribution is 2.47. The Morgan fingerprint density at radius 2 is 1.42 bits per heavy atom. The third-order valence-electron chi connectivity index (χ3n) is 10.2. The molecule has 9 N–H and O–H groups in total. The molecular weight excluding hydrogens is 1000 g/mol. The van der Waals surface area contributed by atoms with Crippen LogP contribution in [-0.4, -0.2) is 131 Å². The van der Waals surface area contributed by atoms with Gasteiger partial charge in [0.15, 0.2) is 5.69 Å². The Hall–Kier alpha value is -6.67. The summed E-state index contributed by atoms with van der Waals surface area (Å²) in [6, 6.07) is 15.9. The molecule has 71 heavy (non-hydrogen) atoms. The minimum absolute atomic E-state index is 0.0205. The van der Waals surface area contributed by atoms with Crippen molar-refractivity contribution in [3.8, 4) is 39.6 Å². The van der Waals surface area contributed by atoms with E-state index in [0.29, 0.717) is 80.6 Å². The number of carboxylic acid groups (broad SMARTS) is 2. The Labute approximate surface area is 410 Å². The quantitative estimate of drug-likeness (QED) is 0.0778. The third kappa shape index (κ3) is 15.4. The van der Waals surface area contributed by atoms with Gasteiger partial charge in [0.1, 0.15) is 18.1 Å². The molecule has 2 aliphatic heterocycles. The number of nitrogens with zero attached hydrogens (tertiary/aromatic N) is 3. The number of halogens is 8. The number of carbonyl (C=O) groups excluding carboxylic acids is 4. The van der Waals surface area contributed by atoms with Crippen LogP contribution in [-0.2, 0) is 35.3 Å². The maximum Gasteiger partial charge on any atom is 0.490 e. The van der Waals surface area contributed by atoms with Crippen LogP contribution in [0.1, 0.15) is 42.7 Å². The zero-order chi connectivity index (χ0) is 53.0. The normalized spacial score (nSPS) is 13.7. The Balaban J connectivity index is 0.000000683. The van der Waals surface area contributed by atoms with Crippen molar-refractivity contribution in [2.75, 3.05) is 58.4 Å². The molecule has 0 unspecified atom stereocenters. The number of carboxylic acids is 2. The molecule has 4 amide bonds. The molecule has 4 aromatic rings. The summed E-state index contributed by atoms with van der Waals surface area (Å²) in [4.78, 5) is 71.9. The molecule has 0 radical (unpaired) electrons. The number of amides is 4. The topological polar surface area (TPSA) is 280 Å². The Morgan fingerprint density at radius 1 is 0.859 bits per heavy atom. The predicted molar refractivity (Wildman–Crippen MR) is 244 cm³/mol. The van der Waals surface area contributed by atoms with Crippen LogP contribution in [0.15, 0.2) is 54.6 Å². The van der Waals surface area contributed by atoms with E-state index in [1.54, 1.807) is 59.2 Å². The van der Waals surface area contributed by atoms with E-state index in [1.807, 2.05) is 26.0 Å². The highest BCUT2D eigenvalue weighted by molar-refractivity contribution is 6.34. The number of carbonyl (C=O) groups is 6. The first-order chi connectivity index (χ1) is 33.2. The van der Waals surface area contributed by atoms with Crippen molar-refractivity contribution in [3.05, 3.63) is 75.9 Å². The first kappa shape index (κ1) is 56.9. The average molecular weight is 1050 g/mol. The van der Waals surface area contributed by atoms with Crippen LogP contribution < -0.4 is 36.9 Å². The number of hydrogen-bond acceptors (Lipinski definition) is 12. The number of anilines is 1. The Morgan fingerprint density at radius 3 is 1.93 bits per heavy atom. The van der Waals surface area contributed by atoms with Gasteiger partial charge in [0.05, 0.1) is 43.2 Å². The van der Waals surface area contributed by atoms with Crippen molar-refractivity contribution in [1.82, 2.24) is 25.3 Å². The van der Waals surface area contributed by atoms with E-state index in [-0.39, 0.29) is 69.0 Å². The van der Waals surface area contributed by atoms with Gasteiger partial charge in [-0.1, -0.05) is 35.3 Å². The standard InChI is InChI=1S/C40H46Cl2N8O7.2C2HF3O2/c1-40(2)22-56-12-11-49(40)39(54)36-31-21-57-33-18-32(55-3)29(17-30(33)37(31)50(48-36)28-15-25(41)14-26(42)16-28)23-5-4-6-27(13-23)47-38(53)24(19-45-34(51)7-9-43)20-46-35(52)8-10-44;2*3-2(4,5)1(6)7/h4-6,13-18,24H,7-12,19-22,43-44H2,1-3H3,(H,45,51)(H,46,52)(H,47,53);2*(H,6,7). The molecule has 0 bridgehead atoms. The molecule has 386 valence electrons. The van der Waals surface area contributed by atoms with Crippen molar-refractivity contribution in [2.24, 2.45) is 17.4 Å². The van der Waals surface area contributed by atoms with E-state index in [4.69, 9.17) is 73.8 Å². The minimum atomic E-state index is -5.08. The number of alkyl halides is 6. The Bertz CT molecular complexity index is 2550. The monoisotopic (exact) mass is 1050 g/mol. The summed E-state index contributed by atoms with van der Waals surface area (Å²) in [5.41, 5.74) is 14.9. The first-order valence-electron chi connectivity index (χ1n) is 21.0. The number of benzene rings is 3. The molecule has 0 spiro atoms. The van der Waals surface area contributed by atoms with Crippen LogP contribution in [0, 0.1) is 5.92 Å². The summed E-state index contributed by atoms with van der Waals surface area (Å²) in [6.45, 7) is 5.42. The summed E-state index contributed by atoms with van der Waals surface area (Å²) < 4.78 is 83.0. The number of methoxy groups -OCH3 is 1. The summed E-state index contributed by atoms with van der Waals surface area (Å²) >= 11 is 13.0. The molecule has 19 nitrogen and oxygen atoms in total. The van der Waals surface area contributed by atoms with Crippen molar-refractivity contribution in [2.45, 2.75) is 51.2 Å². The highest BCUT2D eigenvalue weighted by atomic mass is 35.5. The van der Waals surface area contributed by atoms with E-state index < -0.39 is 41.7 Å². The van der Waals surface area contributed by atoms with Crippen LogP contribution in [0.3, 0.4) is 0 Å². The molecule has 3 heterocycles. The zero-order valence-corrected chi connectivity index (χ0v) is 39.4. The smallest absolute Gasteiger partial charge is 0.490 e. The van der Waals surface area contributed by atoms with Crippen LogP contribution in [0.2, 0.25) is 10.0 Å². The van der Waals surface area contributed by atoms with Gasteiger partial charge >= 0.3 is 24.3 Å². The number of ether oxygens (including phenoxy) is 3. The van der Waals surface area contributed by atoms with E-state index in [1.165, 1.54) is 0 Å². The lowest BCUT2D eigenvalue weighted by atomic mass is 9.95. The lowest BCUT2D eigenvalue weighted by Crippen LogP contribution is -2.55. The fourth-order valence-corrected chi connectivity index (χ4v) is 7.35. The summed E-state index contributed by atoms with van der Waals surface area (Å²) in [6.07, 6.45) is -9.97. The van der Waals surface area contributed by atoms with Gasteiger partial charge in [-0.3, -0.25) is 19.2 Å². The maximum absolute atomic E-state index is 14.3. The molecule has 0 saturated carbocycles. The van der Waals surface area contributed by atoms with Crippen LogP contribution >= 0.6 is 23.2 Å². The fourth-order valence-electron chi connectivity index (χ4n) is 6.84. The van der Waals surface area contributed by atoms with Crippen molar-refractivity contribution in [1.29, 1.82) is 0 Å². The van der Waals surface area contributed by atoms with Crippen molar-refractivity contribution >= 4 is 64.5 Å². The van der Waals surface area contributed by atoms with Gasteiger partial charge in [0.25, 0.3) is 5.91 Å². The molecule has 0 aliphatic carbocycles. The number of aromatic nitrogens is 2. The molecule has 2 aliphatic rings. The van der Waals surface area contributed by atoms with Gasteiger partial charge in [-0.25, -0.2) is 14.3 Å². The highest BCUT2D eigenvalue weighted by Gasteiger charge is 2.41. The van der Waals surface area contributed by atoms with Gasteiger partial charge in [-0.2, -0.15) is 31.4 Å². The molecule has 1 aromatic heterocycles. The molecular formula is C44H48Cl2F6N8O11. The molecule has 1 saturated heterocycles. The van der Waals surface area contributed by atoms with Gasteiger partial charge in [-0.05, 0) is 55.8 Å². The molecule has 0 atom stereocenters. The number of hydrogen-bond donors (Lipinski definition) is 7. The van der Waals surface area contributed by atoms with Gasteiger partial charge < -0.3 is 56.7 Å². The molecule has 1 fully saturated rings. The predicted octanol–water partition coefficient (Wildman–Crippen LogP) is 5.42. The number of fused-ring (bicyclic) bond motifs is 3. The second-order valence-electron chi connectivity index (χ2n) is 15.9. The van der Waals surface area contributed by atoms with Crippen molar-refractivity contribution < 1.29 is 79.5 Å². The second kappa shape index (κ2) is 24.4. The van der Waals surface area contributed by atoms with E-state index in [2.05, 4.69) is 16.0 Å². The molecule has 6 rings (SSSR count). The summed E-state index contributed by atoms with van der Waals surface area (Å²) in [7, 11) is 1.55. The average Bonchev–Trinajstić information content (AvgIpc) is 3.68. The summed E-state index contributed by atoms with van der Waals surface area (Å²) in [5, 5.41) is 28.3. The van der Waals surface area contributed by atoms with E-state index >= 15 is 0 Å². The third-order valence-corrected chi connectivity index (χ3v) is 10.7. The lowest BCUT2D eigenvalue weighted by Gasteiger charge is -2.41. The fraction of sp³-hybridized carbons (Fsp3) is 0.386. The number of morpholine rings is 1. The van der Waals surface area contributed by atoms with Crippen LogP contribution in [0.4, 0.5) is 32.0 Å². The van der Waals surface area contributed by atoms with Crippen LogP contribution in [0.5, 0.6) is 11.5 Å². The number of rotatable bonds is 14. The largest absolute Gasteiger partial charge is 0.496 e. The zero-order valence-electron chi connectivity index (χ0n) is 37.9. The van der Waals surface area contributed by atoms with Gasteiger partial charge in [-0.15, -0.1) is 0 Å². The number of nitrogens with one attached hydrogen (secondary N) is 3. The van der Waals surface area contributed by atoms with Gasteiger partial charge in [0, 0.05) is 84.1 Å². The lowest BCUT2D eigenvalue weighted by molar-refractivity contribution is -0.193. The van der Waals surface area contributed by atoms with Crippen molar-refractivity contribution in [3.63, 3.8) is 0 Å². The number of nitrogens with two attached hydrogens (primary N) is 2. The van der Waals surface area contributed by atoms with Crippen LogP contribution in [0.25, 0.3) is 28.1 Å². The Kier molecular flexibility index (Phi) is 19.6. The maximum atomic E-state index is 14.3. The minimum Gasteiger partial charge on any atom is -0.496 e. The summed E-state index contributed by atoms with van der Waals surface area (Å²) in [5.74, 6) is -6.61. The molecule has 27 heteroatoms. The number of aliphatic carboxylic acids is 2. The van der Waals surface area contributed by atoms with E-state index in [9.17, 15) is 45.5 Å². The molecule has 3 aromatic carbocycles. The SMILES string of the molecule is COc1cc2c(cc1-c1cccc(NC(=O)C(CNC(=O)CCN)CNC(=O)CCN)c1)-c1c(c(C(=O)N3CCOCC3(C)C)nn1-c1cc(Cl)cc(Cl)c1)CO2.O=C(O)C(F)(F)F.O=C(O)C(F)(F)F. The second-order valence-corrected chi connectivity index (χ2v) is 16.8. The van der Waals surface area contributed by atoms with E-state index in [0.717, 1.165) is 0 Å². The first-order valence-corrected chi connectivity index (χ1v) is 21.8.